The predicted octanol–water partition coefficient (Wildman–Crippen LogP) is 2.82. The zero-order valence-corrected chi connectivity index (χ0v) is 12.5. The molecule has 0 saturated carbocycles. The fourth-order valence-corrected chi connectivity index (χ4v) is 1.80. The first-order chi connectivity index (χ1) is 9.82. The maximum atomic E-state index is 11.9. The Hall–Kier alpha value is -2.43. The molecule has 0 N–H and O–H groups in total. The van der Waals surface area contributed by atoms with Crippen LogP contribution in [0.25, 0.3) is 6.08 Å². The predicted molar refractivity (Wildman–Crippen MR) is 78.7 cm³/mol. The Morgan fingerprint density at radius 1 is 1.29 bits per heavy atom. The maximum Gasteiger partial charge on any atom is 0.363 e. The van der Waals surface area contributed by atoms with Gasteiger partial charge in [0.1, 0.15) is 0 Å². The van der Waals surface area contributed by atoms with E-state index in [4.69, 9.17) is 9.47 Å². The number of ether oxygens (including phenoxy) is 2. The number of carbonyl (C=O) groups is 2. The van der Waals surface area contributed by atoms with Crippen LogP contribution in [0.5, 0.6) is 0 Å². The van der Waals surface area contributed by atoms with Crippen LogP contribution in [0.1, 0.15) is 36.7 Å². The van der Waals surface area contributed by atoms with Gasteiger partial charge in [-0.1, -0.05) is 39.0 Å². The quantitative estimate of drug-likeness (QED) is 0.619. The van der Waals surface area contributed by atoms with Crippen LogP contribution in [0.2, 0.25) is 0 Å². The molecule has 5 heteroatoms. The van der Waals surface area contributed by atoms with E-state index in [-0.39, 0.29) is 11.1 Å². The third-order valence-electron chi connectivity index (χ3n) is 2.92. The van der Waals surface area contributed by atoms with Crippen LogP contribution in [0.15, 0.2) is 35.0 Å². The van der Waals surface area contributed by atoms with Gasteiger partial charge in [-0.3, -0.25) is 0 Å². The molecule has 0 atom stereocenters. The fraction of sp³-hybridized carbons (Fsp3) is 0.312. The molecule has 21 heavy (non-hydrogen) atoms. The van der Waals surface area contributed by atoms with Gasteiger partial charge in [0.05, 0.1) is 12.7 Å². The highest BCUT2D eigenvalue weighted by atomic mass is 16.6. The first-order valence-corrected chi connectivity index (χ1v) is 6.53. The summed E-state index contributed by atoms with van der Waals surface area (Å²) in [5, 5.41) is 0. The number of esters is 2. The van der Waals surface area contributed by atoms with E-state index in [9.17, 15) is 9.59 Å². The summed E-state index contributed by atoms with van der Waals surface area (Å²) in [7, 11) is 1.31. The van der Waals surface area contributed by atoms with Crippen LogP contribution < -0.4 is 0 Å². The summed E-state index contributed by atoms with van der Waals surface area (Å²) in [5.41, 5.74) is 0.763. The molecule has 0 bridgehead atoms. The average Bonchev–Trinajstić information content (AvgIpc) is 2.80. The van der Waals surface area contributed by atoms with Crippen LogP contribution >= 0.6 is 0 Å². The number of rotatable bonds is 2. The van der Waals surface area contributed by atoms with Crippen molar-refractivity contribution in [3.63, 3.8) is 0 Å². The summed E-state index contributed by atoms with van der Waals surface area (Å²) in [5.74, 6) is -0.609. The van der Waals surface area contributed by atoms with Crippen molar-refractivity contribution < 1.29 is 19.1 Å². The van der Waals surface area contributed by atoms with Gasteiger partial charge in [-0.05, 0) is 17.7 Å². The number of methoxy groups -OCH3 is 1. The molecule has 1 aliphatic rings. The lowest BCUT2D eigenvalue weighted by Gasteiger charge is -2.15. The minimum absolute atomic E-state index is 0.177. The number of hydrogen-bond donors (Lipinski definition) is 0. The Morgan fingerprint density at radius 2 is 1.95 bits per heavy atom. The van der Waals surface area contributed by atoms with Crippen LogP contribution in [0.4, 0.5) is 0 Å². The summed E-state index contributed by atoms with van der Waals surface area (Å²) in [6.07, 6.45) is 1.54. The molecule has 5 nitrogen and oxygen atoms in total. The number of carbonyl (C=O) groups excluding carboxylic acids is 2. The van der Waals surface area contributed by atoms with E-state index in [2.05, 4.69) is 4.99 Å². The number of cyclic esters (lactones) is 1. The summed E-state index contributed by atoms with van der Waals surface area (Å²) in [6.45, 7) is 5.72. The summed E-state index contributed by atoms with van der Waals surface area (Å²) < 4.78 is 9.89. The standard InChI is InChI=1S/C16H17NO4/c1-16(2,3)15-17-12(14(19)21-15)9-10-7-5-6-8-11(10)13(18)20-4/h5-9H,1-4H3/b12-9-. The van der Waals surface area contributed by atoms with Gasteiger partial charge in [0.25, 0.3) is 0 Å². The number of aliphatic imine (C=N–C) groups is 1. The van der Waals surface area contributed by atoms with Crippen LogP contribution in [-0.4, -0.2) is 24.9 Å². The van der Waals surface area contributed by atoms with Crippen LogP contribution in [-0.2, 0) is 14.3 Å². The zero-order valence-electron chi connectivity index (χ0n) is 12.5. The van der Waals surface area contributed by atoms with E-state index >= 15 is 0 Å². The molecular weight excluding hydrogens is 270 g/mol. The molecule has 0 spiro atoms. The Morgan fingerprint density at radius 3 is 2.52 bits per heavy atom. The average molecular weight is 287 g/mol. The highest BCUT2D eigenvalue weighted by molar-refractivity contribution is 6.09. The van der Waals surface area contributed by atoms with Crippen molar-refractivity contribution in [1.29, 1.82) is 0 Å². The first kappa shape index (κ1) is 15.0. The number of benzene rings is 1. The zero-order chi connectivity index (χ0) is 15.6. The second-order valence-corrected chi connectivity index (χ2v) is 5.66. The smallest absolute Gasteiger partial charge is 0.363 e. The van der Waals surface area contributed by atoms with Crippen molar-refractivity contribution in [3.05, 3.63) is 41.1 Å². The fourth-order valence-electron chi connectivity index (χ4n) is 1.80. The molecule has 0 aromatic heterocycles. The van der Waals surface area contributed by atoms with Crippen molar-refractivity contribution in [3.8, 4) is 0 Å². The van der Waals surface area contributed by atoms with Gasteiger partial charge in [0.2, 0.25) is 5.90 Å². The lowest BCUT2D eigenvalue weighted by Crippen LogP contribution is -2.21. The maximum absolute atomic E-state index is 11.9. The number of nitrogens with zero attached hydrogens (tertiary/aromatic N) is 1. The van der Waals surface area contributed by atoms with Crippen LogP contribution in [0.3, 0.4) is 0 Å². The van der Waals surface area contributed by atoms with Gasteiger partial charge >= 0.3 is 11.9 Å². The topological polar surface area (TPSA) is 65.0 Å². The van der Waals surface area contributed by atoms with Crippen molar-refractivity contribution in [2.75, 3.05) is 7.11 Å². The first-order valence-electron chi connectivity index (χ1n) is 6.53. The molecule has 1 aliphatic heterocycles. The molecule has 0 amide bonds. The summed E-state index contributed by atoms with van der Waals surface area (Å²) in [6, 6.07) is 6.85. The molecule has 1 aromatic rings. The van der Waals surface area contributed by atoms with Gasteiger partial charge in [-0.15, -0.1) is 0 Å². The largest absolute Gasteiger partial charge is 0.465 e. The summed E-state index contributed by atoms with van der Waals surface area (Å²) in [4.78, 5) is 27.8. The van der Waals surface area contributed by atoms with Gasteiger partial charge in [-0.2, -0.15) is 0 Å². The lowest BCUT2D eigenvalue weighted by atomic mass is 9.97. The molecule has 1 heterocycles. The van der Waals surface area contributed by atoms with E-state index in [1.54, 1.807) is 24.3 Å². The normalized spacial score (nSPS) is 16.7. The van der Waals surface area contributed by atoms with Crippen molar-refractivity contribution in [2.24, 2.45) is 10.4 Å². The Bertz CT molecular complexity index is 650. The molecular formula is C16H17NO4. The number of hydrogen-bond acceptors (Lipinski definition) is 5. The van der Waals surface area contributed by atoms with Gasteiger partial charge in [-0.25, -0.2) is 14.6 Å². The third kappa shape index (κ3) is 3.18. The monoisotopic (exact) mass is 287 g/mol. The van der Waals surface area contributed by atoms with Gasteiger partial charge in [0, 0.05) is 5.41 Å². The second-order valence-electron chi connectivity index (χ2n) is 5.66. The minimum Gasteiger partial charge on any atom is -0.465 e. The van der Waals surface area contributed by atoms with E-state index in [0.717, 1.165) is 0 Å². The molecule has 0 aliphatic carbocycles. The molecule has 0 saturated heterocycles. The molecule has 2 rings (SSSR count). The van der Waals surface area contributed by atoms with E-state index < -0.39 is 11.9 Å². The Labute approximate surface area is 123 Å². The molecule has 0 unspecified atom stereocenters. The van der Waals surface area contributed by atoms with Crippen LogP contribution in [0, 0.1) is 5.41 Å². The lowest BCUT2D eigenvalue weighted by molar-refractivity contribution is -0.130. The van der Waals surface area contributed by atoms with Crippen molar-refractivity contribution >= 4 is 23.9 Å². The summed E-state index contributed by atoms with van der Waals surface area (Å²) >= 11 is 0. The Kier molecular flexibility index (Phi) is 3.93. The minimum atomic E-state index is -0.514. The van der Waals surface area contributed by atoms with Crippen molar-refractivity contribution in [1.82, 2.24) is 0 Å². The molecule has 0 radical (unpaired) electrons. The highest BCUT2D eigenvalue weighted by Gasteiger charge is 2.31. The van der Waals surface area contributed by atoms with Crippen molar-refractivity contribution in [2.45, 2.75) is 20.8 Å². The Balaban J connectivity index is 2.43. The van der Waals surface area contributed by atoms with Gasteiger partial charge < -0.3 is 9.47 Å². The van der Waals surface area contributed by atoms with E-state index in [1.165, 1.54) is 13.2 Å². The van der Waals surface area contributed by atoms with E-state index in [0.29, 0.717) is 17.0 Å². The SMILES string of the molecule is COC(=O)c1ccccc1/C=C1\N=C(C(C)(C)C)OC1=O. The highest BCUT2D eigenvalue weighted by Crippen LogP contribution is 2.26. The van der Waals surface area contributed by atoms with E-state index in [1.807, 2.05) is 20.8 Å². The molecule has 110 valence electrons. The van der Waals surface area contributed by atoms with Gasteiger partial charge in [0.15, 0.2) is 5.70 Å². The molecule has 1 aromatic carbocycles. The third-order valence-corrected chi connectivity index (χ3v) is 2.92. The molecule has 0 fully saturated rings. The second kappa shape index (κ2) is 5.52.